The minimum Gasteiger partial charge on any atom is -0.466 e. The van der Waals surface area contributed by atoms with Crippen LogP contribution in [0.1, 0.15) is 232 Å². The normalized spacial score (nSPS) is 11.8. The van der Waals surface area contributed by atoms with Gasteiger partial charge in [0.15, 0.2) is 0 Å². The van der Waals surface area contributed by atoms with Gasteiger partial charge in [0.1, 0.15) is 6.10 Å². The van der Waals surface area contributed by atoms with E-state index in [0.717, 1.165) is 83.8 Å². The third-order valence-corrected chi connectivity index (χ3v) is 11.6. The molecule has 0 aliphatic heterocycles. The number of allylic oxidation sites excluding steroid dienone is 4. The van der Waals surface area contributed by atoms with Crippen molar-refractivity contribution in [3.8, 4) is 0 Å². The number of hydrogen-bond acceptors (Lipinski definition) is 8. The first-order valence-corrected chi connectivity index (χ1v) is 26.2. The summed E-state index contributed by atoms with van der Waals surface area (Å²) < 4.78 is 16.9. The SMILES string of the molecule is CCCCCCCC/C=C/CCCCCCCC(=O)OCCCCC(CCCCOC(=O)CCCCCCC/C=C/CCCCCCCC)OC(=O)NCCN(C)CCN(C)C. The number of nitrogens with zero attached hydrogens (tertiary/aromatic N) is 2. The Balaban J connectivity index is 4.22. The predicted molar refractivity (Wildman–Crippen MR) is 263 cm³/mol. The molecule has 62 heavy (non-hydrogen) atoms. The summed E-state index contributed by atoms with van der Waals surface area (Å²) in [4.78, 5) is 41.7. The van der Waals surface area contributed by atoms with E-state index >= 15 is 0 Å². The van der Waals surface area contributed by atoms with E-state index in [9.17, 15) is 14.4 Å². The maximum atomic E-state index is 12.7. The van der Waals surface area contributed by atoms with E-state index in [1.807, 2.05) is 0 Å². The van der Waals surface area contributed by atoms with Gasteiger partial charge in [0.2, 0.25) is 0 Å². The molecule has 0 radical (unpaired) electrons. The first-order valence-electron chi connectivity index (χ1n) is 26.2. The number of alkyl carbamates (subject to hydrolysis) is 1. The van der Waals surface area contributed by atoms with Crippen LogP contribution in [-0.4, -0.2) is 94.5 Å². The largest absolute Gasteiger partial charge is 0.466 e. The van der Waals surface area contributed by atoms with Gasteiger partial charge in [-0.25, -0.2) is 4.79 Å². The lowest BCUT2D eigenvalue weighted by Crippen LogP contribution is -2.37. The number of unbranched alkanes of at least 4 members (excludes halogenated alkanes) is 24. The van der Waals surface area contributed by atoms with Crippen LogP contribution in [0.25, 0.3) is 0 Å². The standard InChI is InChI=1S/C53H101N3O6/c1-6-8-10-12-14-16-18-20-22-24-26-28-30-32-34-42-51(57)60-48-38-36-40-50(62-53(59)54-44-45-56(5)47-46-55(3)4)41-37-39-49-61-52(58)43-35-33-31-29-27-25-23-21-19-17-15-13-11-9-7-2/h20-23,50H,6-19,24-49H2,1-5H3,(H,54,59)/b22-20+,23-21+. The molecule has 0 aliphatic carbocycles. The molecule has 0 fully saturated rings. The Morgan fingerprint density at radius 3 is 1.26 bits per heavy atom. The van der Waals surface area contributed by atoms with Crippen molar-refractivity contribution in [2.24, 2.45) is 0 Å². The molecule has 9 heteroatoms. The number of hydrogen-bond donors (Lipinski definition) is 1. The van der Waals surface area contributed by atoms with Crippen LogP contribution >= 0.6 is 0 Å². The second kappa shape index (κ2) is 48.1. The van der Waals surface area contributed by atoms with Crippen molar-refractivity contribution in [3.63, 3.8) is 0 Å². The van der Waals surface area contributed by atoms with E-state index in [4.69, 9.17) is 14.2 Å². The monoisotopic (exact) mass is 876 g/mol. The van der Waals surface area contributed by atoms with Crippen molar-refractivity contribution in [1.29, 1.82) is 0 Å². The number of rotatable bonds is 47. The molecule has 0 spiro atoms. The second-order valence-electron chi connectivity index (χ2n) is 18.2. The molecular formula is C53H101N3O6. The summed E-state index contributed by atoms with van der Waals surface area (Å²) in [6.45, 7) is 8.49. The van der Waals surface area contributed by atoms with Gasteiger partial charge < -0.3 is 29.3 Å². The fourth-order valence-corrected chi connectivity index (χ4v) is 7.43. The van der Waals surface area contributed by atoms with Gasteiger partial charge in [-0.05, 0) is 124 Å². The zero-order chi connectivity index (χ0) is 45.4. The van der Waals surface area contributed by atoms with Crippen LogP contribution in [-0.2, 0) is 23.8 Å². The van der Waals surface area contributed by atoms with E-state index in [1.54, 1.807) is 0 Å². The molecule has 0 aromatic heterocycles. The summed E-state index contributed by atoms with van der Waals surface area (Å²) in [5, 5.41) is 2.91. The Labute approximate surface area is 383 Å². The highest BCUT2D eigenvalue weighted by Crippen LogP contribution is 2.16. The number of carbonyl (C=O) groups excluding carboxylic acids is 3. The molecule has 0 aromatic carbocycles. The fraction of sp³-hybridized carbons (Fsp3) is 0.868. The Bertz CT molecular complexity index is 988. The van der Waals surface area contributed by atoms with E-state index in [1.165, 1.54) is 128 Å². The fourth-order valence-electron chi connectivity index (χ4n) is 7.43. The van der Waals surface area contributed by atoms with Crippen LogP contribution < -0.4 is 5.32 Å². The van der Waals surface area contributed by atoms with Crippen molar-refractivity contribution < 1.29 is 28.6 Å². The third-order valence-electron chi connectivity index (χ3n) is 11.6. The molecule has 0 saturated carbocycles. The van der Waals surface area contributed by atoms with E-state index in [-0.39, 0.29) is 18.0 Å². The topological polar surface area (TPSA) is 97.4 Å². The van der Waals surface area contributed by atoms with Crippen molar-refractivity contribution in [2.45, 2.75) is 238 Å². The van der Waals surface area contributed by atoms with E-state index < -0.39 is 6.09 Å². The maximum absolute atomic E-state index is 12.7. The molecule has 0 aliphatic rings. The number of nitrogens with one attached hydrogen (secondary N) is 1. The Morgan fingerprint density at radius 1 is 0.468 bits per heavy atom. The number of likely N-dealkylation sites (N-methyl/N-ethyl adjacent to an activating group) is 2. The van der Waals surface area contributed by atoms with Gasteiger partial charge >= 0.3 is 18.0 Å². The molecule has 0 atom stereocenters. The van der Waals surface area contributed by atoms with Crippen LogP contribution in [0.15, 0.2) is 24.3 Å². The van der Waals surface area contributed by atoms with E-state index in [0.29, 0.717) is 45.4 Å². The van der Waals surface area contributed by atoms with Gasteiger partial charge in [-0.2, -0.15) is 0 Å². The smallest absolute Gasteiger partial charge is 0.407 e. The Morgan fingerprint density at radius 2 is 0.855 bits per heavy atom. The molecule has 1 N–H and O–H groups in total. The minimum atomic E-state index is -0.395. The highest BCUT2D eigenvalue weighted by molar-refractivity contribution is 5.69. The van der Waals surface area contributed by atoms with Crippen LogP contribution in [0.5, 0.6) is 0 Å². The van der Waals surface area contributed by atoms with Crippen molar-refractivity contribution >= 4 is 18.0 Å². The molecule has 9 nitrogen and oxygen atoms in total. The molecule has 0 aromatic rings. The second-order valence-corrected chi connectivity index (χ2v) is 18.2. The zero-order valence-electron chi connectivity index (χ0n) is 41.5. The molecule has 364 valence electrons. The lowest BCUT2D eigenvalue weighted by atomic mass is 10.1. The molecule has 0 rings (SSSR count). The Kier molecular flexibility index (Phi) is 46.2. The molecule has 0 saturated heterocycles. The van der Waals surface area contributed by atoms with Crippen molar-refractivity contribution in [3.05, 3.63) is 24.3 Å². The van der Waals surface area contributed by atoms with Crippen LogP contribution in [0, 0.1) is 0 Å². The Hall–Kier alpha value is -2.39. The highest BCUT2D eigenvalue weighted by Gasteiger charge is 2.15. The maximum Gasteiger partial charge on any atom is 0.407 e. The van der Waals surface area contributed by atoms with Crippen LogP contribution in [0.2, 0.25) is 0 Å². The van der Waals surface area contributed by atoms with Gasteiger partial charge in [0, 0.05) is 39.0 Å². The summed E-state index contributed by atoms with van der Waals surface area (Å²) in [6, 6.07) is 0. The highest BCUT2D eigenvalue weighted by atomic mass is 16.6. The van der Waals surface area contributed by atoms with Crippen LogP contribution in [0.4, 0.5) is 4.79 Å². The summed E-state index contributed by atoms with van der Waals surface area (Å²) in [6.07, 6.45) is 46.4. The van der Waals surface area contributed by atoms with Crippen LogP contribution in [0.3, 0.4) is 0 Å². The lowest BCUT2D eigenvalue weighted by Gasteiger charge is -2.21. The average Bonchev–Trinajstić information content (AvgIpc) is 3.25. The number of esters is 2. The summed E-state index contributed by atoms with van der Waals surface area (Å²) in [5.41, 5.74) is 0. The first kappa shape index (κ1) is 59.6. The number of carbonyl (C=O) groups is 3. The summed E-state index contributed by atoms with van der Waals surface area (Å²) in [7, 11) is 6.16. The first-order chi connectivity index (χ1) is 30.3. The van der Waals surface area contributed by atoms with E-state index in [2.05, 4.69) is 74.4 Å². The van der Waals surface area contributed by atoms with Crippen molar-refractivity contribution in [1.82, 2.24) is 15.1 Å². The third kappa shape index (κ3) is 47.1. The number of ether oxygens (including phenoxy) is 3. The molecule has 0 heterocycles. The van der Waals surface area contributed by atoms with Crippen molar-refractivity contribution in [2.75, 3.05) is 60.5 Å². The quantitative estimate of drug-likeness (QED) is 0.0279. The molecule has 0 bridgehead atoms. The zero-order valence-corrected chi connectivity index (χ0v) is 41.5. The van der Waals surface area contributed by atoms with Gasteiger partial charge in [0.05, 0.1) is 13.2 Å². The van der Waals surface area contributed by atoms with Gasteiger partial charge in [-0.1, -0.05) is 141 Å². The van der Waals surface area contributed by atoms with Gasteiger partial charge in [0.25, 0.3) is 0 Å². The number of amides is 1. The predicted octanol–water partition coefficient (Wildman–Crippen LogP) is 14.1. The van der Waals surface area contributed by atoms with Gasteiger partial charge in [-0.3, -0.25) is 9.59 Å². The molecule has 0 unspecified atom stereocenters. The summed E-state index contributed by atoms with van der Waals surface area (Å²) >= 11 is 0. The van der Waals surface area contributed by atoms with Gasteiger partial charge in [-0.15, -0.1) is 0 Å². The minimum absolute atomic E-state index is 0.114. The molecule has 1 amide bonds. The average molecular weight is 876 g/mol. The summed E-state index contributed by atoms with van der Waals surface area (Å²) in [5.74, 6) is -0.228. The lowest BCUT2D eigenvalue weighted by molar-refractivity contribution is -0.144. The molecular weight excluding hydrogens is 775 g/mol.